The van der Waals surface area contributed by atoms with E-state index in [1.807, 2.05) is 0 Å². The van der Waals surface area contributed by atoms with Gasteiger partial charge in [0.2, 0.25) is 0 Å². The van der Waals surface area contributed by atoms with Gasteiger partial charge in [-0.15, -0.1) is 0 Å². The lowest BCUT2D eigenvalue weighted by atomic mass is 10.2. The molecule has 3 rings (SSSR count). The summed E-state index contributed by atoms with van der Waals surface area (Å²) in [6, 6.07) is 10.8. The molecule has 0 aromatic heterocycles. The Kier molecular flexibility index (Phi) is 4.45. The van der Waals surface area contributed by atoms with E-state index in [2.05, 4.69) is 10.6 Å². The Hall–Kier alpha value is -2.18. The van der Waals surface area contributed by atoms with Crippen LogP contribution in [0.4, 0.5) is 10.1 Å². The Balaban J connectivity index is 1.79. The average molecular weight is 351 g/mol. The Labute approximate surface area is 141 Å². The third kappa shape index (κ3) is 3.60. The number of halogens is 2. The van der Waals surface area contributed by atoms with Crippen LogP contribution in [0, 0.1) is 5.82 Å². The lowest BCUT2D eigenvalue weighted by Crippen LogP contribution is -2.31. The van der Waals surface area contributed by atoms with Crippen molar-refractivity contribution in [2.75, 3.05) is 5.32 Å². The van der Waals surface area contributed by atoms with Crippen molar-refractivity contribution in [2.24, 2.45) is 0 Å². The van der Waals surface area contributed by atoms with Crippen molar-refractivity contribution in [3.63, 3.8) is 0 Å². The van der Waals surface area contributed by atoms with Crippen molar-refractivity contribution >= 4 is 41.0 Å². The summed E-state index contributed by atoms with van der Waals surface area (Å²) < 4.78 is 13.6. The highest BCUT2D eigenvalue weighted by Gasteiger charge is 2.27. The fourth-order valence-electron chi connectivity index (χ4n) is 2.07. The van der Waals surface area contributed by atoms with Gasteiger partial charge in [-0.1, -0.05) is 35.5 Å². The lowest BCUT2D eigenvalue weighted by Gasteiger charge is -2.12. The SMILES string of the molecule is O=C1NC(Nc2ccccc2F)S/C1=C\c1cc(Cl)ccc1O. The van der Waals surface area contributed by atoms with Gasteiger partial charge in [0, 0.05) is 10.6 Å². The number of anilines is 1. The topological polar surface area (TPSA) is 61.4 Å². The zero-order chi connectivity index (χ0) is 16.4. The molecule has 1 amide bonds. The second kappa shape index (κ2) is 6.52. The van der Waals surface area contributed by atoms with Crippen LogP contribution in [0.2, 0.25) is 5.02 Å². The van der Waals surface area contributed by atoms with Gasteiger partial charge < -0.3 is 15.7 Å². The predicted octanol–water partition coefficient (Wildman–Crippen LogP) is 3.78. The van der Waals surface area contributed by atoms with Gasteiger partial charge in [-0.2, -0.15) is 0 Å². The smallest absolute Gasteiger partial charge is 0.260 e. The third-order valence-corrected chi connectivity index (χ3v) is 4.43. The number of thioether (sulfide) groups is 1. The van der Waals surface area contributed by atoms with Crippen LogP contribution in [-0.4, -0.2) is 16.5 Å². The molecule has 1 aliphatic rings. The molecule has 7 heteroatoms. The van der Waals surface area contributed by atoms with E-state index < -0.39 is 11.3 Å². The van der Waals surface area contributed by atoms with Gasteiger partial charge in [0.15, 0.2) is 5.50 Å². The van der Waals surface area contributed by atoms with E-state index in [0.29, 0.717) is 21.2 Å². The first-order chi connectivity index (χ1) is 11.0. The maximum absolute atomic E-state index is 13.6. The maximum Gasteiger partial charge on any atom is 0.260 e. The van der Waals surface area contributed by atoms with E-state index in [-0.39, 0.29) is 11.7 Å². The highest BCUT2D eigenvalue weighted by molar-refractivity contribution is 8.05. The van der Waals surface area contributed by atoms with E-state index in [1.54, 1.807) is 36.4 Å². The molecular formula is C16H12ClFN2O2S. The number of amides is 1. The van der Waals surface area contributed by atoms with Gasteiger partial charge in [0.1, 0.15) is 11.6 Å². The molecule has 0 spiro atoms. The molecule has 0 aliphatic carbocycles. The summed E-state index contributed by atoms with van der Waals surface area (Å²) >= 11 is 7.09. The maximum atomic E-state index is 13.6. The Morgan fingerprint density at radius 1 is 1.30 bits per heavy atom. The first kappa shape index (κ1) is 15.7. The molecule has 1 heterocycles. The highest BCUT2D eigenvalue weighted by Crippen LogP contribution is 2.33. The molecule has 0 bridgehead atoms. The van der Waals surface area contributed by atoms with Gasteiger partial charge in [-0.25, -0.2) is 4.39 Å². The van der Waals surface area contributed by atoms with Gasteiger partial charge in [-0.3, -0.25) is 4.79 Å². The number of nitrogens with one attached hydrogen (secondary N) is 2. The molecular weight excluding hydrogens is 339 g/mol. The summed E-state index contributed by atoms with van der Waals surface area (Å²) in [7, 11) is 0. The lowest BCUT2D eigenvalue weighted by molar-refractivity contribution is -0.116. The molecule has 4 nitrogen and oxygen atoms in total. The van der Waals surface area contributed by atoms with Crippen LogP contribution in [0.5, 0.6) is 5.75 Å². The quantitative estimate of drug-likeness (QED) is 0.737. The van der Waals surface area contributed by atoms with Gasteiger partial charge in [0.25, 0.3) is 5.91 Å². The minimum atomic E-state index is -0.494. The van der Waals surface area contributed by atoms with E-state index in [0.717, 1.165) is 0 Å². The molecule has 3 N–H and O–H groups in total. The Morgan fingerprint density at radius 3 is 2.87 bits per heavy atom. The molecule has 1 saturated heterocycles. The van der Waals surface area contributed by atoms with Crippen LogP contribution in [-0.2, 0) is 4.79 Å². The zero-order valence-corrected chi connectivity index (χ0v) is 13.3. The van der Waals surface area contributed by atoms with Crippen molar-refractivity contribution in [3.05, 3.63) is 63.8 Å². The van der Waals surface area contributed by atoms with Crippen LogP contribution in [0.25, 0.3) is 6.08 Å². The number of hydrogen-bond acceptors (Lipinski definition) is 4. The molecule has 1 atom stereocenters. The summed E-state index contributed by atoms with van der Waals surface area (Å²) in [6.07, 6.45) is 1.55. The molecule has 2 aromatic rings. The van der Waals surface area contributed by atoms with Gasteiger partial charge >= 0.3 is 0 Å². The normalized spacial score (nSPS) is 19.0. The van der Waals surface area contributed by atoms with E-state index in [1.165, 1.54) is 23.9 Å². The number of carbonyl (C=O) groups excluding carboxylic acids is 1. The fourth-order valence-corrected chi connectivity index (χ4v) is 3.21. The molecule has 1 fully saturated rings. The number of benzene rings is 2. The number of phenolic OH excluding ortho intramolecular Hbond substituents is 1. The minimum absolute atomic E-state index is 0.0285. The molecule has 0 radical (unpaired) electrons. The molecule has 118 valence electrons. The number of carbonyl (C=O) groups is 1. The van der Waals surface area contributed by atoms with Gasteiger partial charge in [0.05, 0.1) is 10.6 Å². The summed E-state index contributed by atoms with van der Waals surface area (Å²) in [4.78, 5) is 12.4. The number of aromatic hydroxyl groups is 1. The van der Waals surface area contributed by atoms with E-state index in [4.69, 9.17) is 11.6 Å². The van der Waals surface area contributed by atoms with Crippen molar-refractivity contribution in [2.45, 2.75) is 5.50 Å². The number of hydrogen-bond donors (Lipinski definition) is 3. The van der Waals surface area contributed by atoms with Crippen LogP contribution in [0.15, 0.2) is 47.4 Å². The van der Waals surface area contributed by atoms with Crippen LogP contribution in [0.1, 0.15) is 5.56 Å². The molecule has 1 aliphatic heterocycles. The number of rotatable bonds is 3. The second-order valence-electron chi connectivity index (χ2n) is 4.81. The molecule has 0 saturated carbocycles. The Bertz CT molecular complexity index is 797. The molecule has 2 aromatic carbocycles. The predicted molar refractivity (Wildman–Crippen MR) is 90.6 cm³/mol. The average Bonchev–Trinajstić information content (AvgIpc) is 2.85. The van der Waals surface area contributed by atoms with Crippen LogP contribution < -0.4 is 10.6 Å². The zero-order valence-electron chi connectivity index (χ0n) is 11.7. The fraction of sp³-hybridized carbons (Fsp3) is 0.0625. The number of para-hydroxylation sites is 1. The van der Waals surface area contributed by atoms with Crippen LogP contribution in [0.3, 0.4) is 0 Å². The van der Waals surface area contributed by atoms with Crippen molar-refractivity contribution in [1.82, 2.24) is 5.32 Å². The summed E-state index contributed by atoms with van der Waals surface area (Å²) in [5.74, 6) is -0.670. The molecule has 1 unspecified atom stereocenters. The Morgan fingerprint density at radius 2 is 2.09 bits per heavy atom. The monoisotopic (exact) mass is 350 g/mol. The van der Waals surface area contributed by atoms with Crippen LogP contribution >= 0.6 is 23.4 Å². The first-order valence-corrected chi connectivity index (χ1v) is 7.97. The van der Waals surface area contributed by atoms with Gasteiger partial charge in [-0.05, 0) is 36.4 Å². The summed E-state index contributed by atoms with van der Waals surface area (Å²) in [5.41, 5.74) is 0.255. The van der Waals surface area contributed by atoms with Crippen molar-refractivity contribution in [1.29, 1.82) is 0 Å². The first-order valence-electron chi connectivity index (χ1n) is 6.72. The number of phenols is 1. The van der Waals surface area contributed by atoms with Crippen molar-refractivity contribution < 1.29 is 14.3 Å². The minimum Gasteiger partial charge on any atom is -0.507 e. The second-order valence-corrected chi connectivity index (χ2v) is 6.39. The largest absolute Gasteiger partial charge is 0.507 e. The van der Waals surface area contributed by atoms with E-state index >= 15 is 0 Å². The standard InChI is InChI=1S/C16H12ClFN2O2S/c17-10-5-6-13(21)9(7-10)8-14-15(22)20-16(23-14)19-12-4-2-1-3-11(12)18/h1-8,16,19,21H,(H,20,22)/b14-8-. The molecule has 23 heavy (non-hydrogen) atoms. The summed E-state index contributed by atoms with van der Waals surface area (Å²) in [5, 5.41) is 15.9. The van der Waals surface area contributed by atoms with E-state index in [9.17, 15) is 14.3 Å². The summed E-state index contributed by atoms with van der Waals surface area (Å²) in [6.45, 7) is 0. The third-order valence-electron chi connectivity index (χ3n) is 3.17. The van der Waals surface area contributed by atoms with Crippen molar-refractivity contribution in [3.8, 4) is 5.75 Å². The highest BCUT2D eigenvalue weighted by atomic mass is 35.5.